The van der Waals surface area contributed by atoms with Crippen LogP contribution < -0.4 is 5.73 Å². The number of rotatable bonds is 4. The van der Waals surface area contributed by atoms with Gasteiger partial charge in [0.15, 0.2) is 5.82 Å². The second-order valence-corrected chi connectivity index (χ2v) is 5.09. The molecule has 1 aromatic rings. The van der Waals surface area contributed by atoms with Gasteiger partial charge in [0.2, 0.25) is 0 Å². The highest BCUT2D eigenvalue weighted by atomic mass is 16.5. The number of aromatic nitrogens is 2. The topological polar surface area (TPSA) is 74.2 Å². The fourth-order valence-electron chi connectivity index (χ4n) is 2.16. The standard InChI is InChI=1S/C12H21N3O2/c1-9(2)16-8-10-14-11(15-17-10)12(13)6-4-3-5-7-12/h9H,3-8,13H2,1-2H3. The summed E-state index contributed by atoms with van der Waals surface area (Å²) in [7, 11) is 0. The molecule has 0 radical (unpaired) electrons. The van der Waals surface area contributed by atoms with E-state index in [1.165, 1.54) is 6.42 Å². The Labute approximate surface area is 102 Å². The predicted molar refractivity (Wildman–Crippen MR) is 63.2 cm³/mol. The summed E-state index contributed by atoms with van der Waals surface area (Å²) in [6, 6.07) is 0. The largest absolute Gasteiger partial charge is 0.369 e. The molecule has 2 N–H and O–H groups in total. The van der Waals surface area contributed by atoms with E-state index in [0.29, 0.717) is 18.3 Å². The van der Waals surface area contributed by atoms with Crippen LogP contribution in [0.5, 0.6) is 0 Å². The third kappa shape index (κ3) is 3.04. The SMILES string of the molecule is CC(C)OCc1nc(C2(N)CCCCC2)no1. The van der Waals surface area contributed by atoms with Crippen LogP contribution in [-0.4, -0.2) is 16.2 Å². The Hall–Kier alpha value is -0.940. The second-order valence-electron chi connectivity index (χ2n) is 5.09. The van der Waals surface area contributed by atoms with Gasteiger partial charge < -0.3 is 15.0 Å². The van der Waals surface area contributed by atoms with E-state index in [1.54, 1.807) is 0 Å². The normalized spacial score (nSPS) is 19.8. The van der Waals surface area contributed by atoms with Crippen LogP contribution in [0.15, 0.2) is 4.52 Å². The van der Waals surface area contributed by atoms with Gasteiger partial charge >= 0.3 is 0 Å². The maximum Gasteiger partial charge on any atom is 0.252 e. The molecule has 1 fully saturated rings. The zero-order chi connectivity index (χ0) is 12.3. The maximum absolute atomic E-state index is 6.32. The predicted octanol–water partition coefficient (Wildman–Crippen LogP) is 2.11. The molecule has 0 spiro atoms. The number of nitrogens with zero attached hydrogens (tertiary/aromatic N) is 2. The van der Waals surface area contributed by atoms with E-state index in [-0.39, 0.29) is 6.10 Å². The summed E-state index contributed by atoms with van der Waals surface area (Å²) in [6.45, 7) is 4.31. The molecule has 0 amide bonds. The fraction of sp³-hybridized carbons (Fsp3) is 0.833. The van der Waals surface area contributed by atoms with Crippen molar-refractivity contribution in [3.63, 3.8) is 0 Å². The van der Waals surface area contributed by atoms with Gasteiger partial charge in [0.25, 0.3) is 5.89 Å². The first-order valence-corrected chi connectivity index (χ1v) is 6.34. The summed E-state index contributed by atoms with van der Waals surface area (Å²) in [5, 5.41) is 4.00. The van der Waals surface area contributed by atoms with E-state index in [2.05, 4.69) is 10.1 Å². The molecule has 1 aliphatic rings. The minimum Gasteiger partial charge on any atom is -0.369 e. The molecule has 17 heavy (non-hydrogen) atoms. The zero-order valence-electron chi connectivity index (χ0n) is 10.6. The van der Waals surface area contributed by atoms with Gasteiger partial charge in [-0.2, -0.15) is 4.98 Å². The lowest BCUT2D eigenvalue weighted by Crippen LogP contribution is -2.39. The van der Waals surface area contributed by atoms with E-state index in [1.807, 2.05) is 13.8 Å². The number of hydrogen-bond donors (Lipinski definition) is 1. The Morgan fingerprint density at radius 2 is 2.06 bits per heavy atom. The molecule has 0 aromatic carbocycles. The molecule has 0 unspecified atom stereocenters. The van der Waals surface area contributed by atoms with Crippen LogP contribution >= 0.6 is 0 Å². The number of ether oxygens (including phenoxy) is 1. The van der Waals surface area contributed by atoms with Crippen molar-refractivity contribution >= 4 is 0 Å². The Balaban J connectivity index is 2.01. The summed E-state index contributed by atoms with van der Waals surface area (Å²) in [5.41, 5.74) is 5.93. The Bertz CT molecular complexity index is 356. The van der Waals surface area contributed by atoms with Crippen molar-refractivity contribution in [2.75, 3.05) is 0 Å². The molecule has 96 valence electrons. The summed E-state index contributed by atoms with van der Waals surface area (Å²) < 4.78 is 10.6. The maximum atomic E-state index is 6.32. The molecule has 0 bridgehead atoms. The molecule has 1 aromatic heterocycles. The summed E-state index contributed by atoms with van der Waals surface area (Å²) in [4.78, 5) is 4.35. The molecule has 5 nitrogen and oxygen atoms in total. The van der Waals surface area contributed by atoms with E-state index in [0.717, 1.165) is 25.7 Å². The molecule has 0 saturated heterocycles. The van der Waals surface area contributed by atoms with Gasteiger partial charge in [-0.3, -0.25) is 0 Å². The van der Waals surface area contributed by atoms with E-state index < -0.39 is 5.54 Å². The van der Waals surface area contributed by atoms with Gasteiger partial charge in [0.1, 0.15) is 6.61 Å². The van der Waals surface area contributed by atoms with Gasteiger partial charge in [-0.15, -0.1) is 0 Å². The molecule has 5 heteroatoms. The summed E-state index contributed by atoms with van der Waals surface area (Å²) >= 11 is 0. The highest BCUT2D eigenvalue weighted by Crippen LogP contribution is 2.32. The van der Waals surface area contributed by atoms with Crippen LogP contribution in [0.3, 0.4) is 0 Å². The van der Waals surface area contributed by atoms with Crippen molar-refractivity contribution in [2.45, 2.75) is 64.2 Å². The Morgan fingerprint density at radius 1 is 1.35 bits per heavy atom. The van der Waals surface area contributed by atoms with Gasteiger partial charge in [-0.05, 0) is 26.7 Å². The average Bonchev–Trinajstić information content (AvgIpc) is 2.76. The molecule has 1 heterocycles. The van der Waals surface area contributed by atoms with Crippen molar-refractivity contribution < 1.29 is 9.26 Å². The quantitative estimate of drug-likeness (QED) is 0.871. The van der Waals surface area contributed by atoms with Crippen molar-refractivity contribution in [2.24, 2.45) is 5.73 Å². The average molecular weight is 239 g/mol. The van der Waals surface area contributed by atoms with Crippen molar-refractivity contribution in [1.29, 1.82) is 0 Å². The summed E-state index contributed by atoms with van der Waals surface area (Å²) in [6.07, 6.45) is 5.58. The van der Waals surface area contributed by atoms with Crippen LogP contribution in [0, 0.1) is 0 Å². The third-order valence-electron chi connectivity index (χ3n) is 3.20. The molecular weight excluding hydrogens is 218 g/mol. The van der Waals surface area contributed by atoms with Crippen LogP contribution in [-0.2, 0) is 16.9 Å². The Kier molecular flexibility index (Phi) is 3.79. The molecule has 0 atom stereocenters. The van der Waals surface area contributed by atoms with Crippen LogP contribution in [0.1, 0.15) is 57.7 Å². The molecular formula is C12H21N3O2. The van der Waals surface area contributed by atoms with Crippen LogP contribution in [0.25, 0.3) is 0 Å². The second kappa shape index (κ2) is 5.14. The zero-order valence-corrected chi connectivity index (χ0v) is 10.6. The lowest BCUT2D eigenvalue weighted by atomic mass is 9.82. The fourth-order valence-corrected chi connectivity index (χ4v) is 2.16. The molecule has 1 aliphatic carbocycles. The van der Waals surface area contributed by atoms with Crippen molar-refractivity contribution in [1.82, 2.24) is 10.1 Å². The van der Waals surface area contributed by atoms with E-state index in [4.69, 9.17) is 15.0 Å². The van der Waals surface area contributed by atoms with Crippen LogP contribution in [0.2, 0.25) is 0 Å². The monoisotopic (exact) mass is 239 g/mol. The first kappa shape index (κ1) is 12.5. The summed E-state index contributed by atoms with van der Waals surface area (Å²) in [5.74, 6) is 1.16. The molecule has 1 saturated carbocycles. The highest BCUT2D eigenvalue weighted by Gasteiger charge is 2.34. The minimum absolute atomic E-state index is 0.159. The van der Waals surface area contributed by atoms with Crippen molar-refractivity contribution in [3.05, 3.63) is 11.7 Å². The lowest BCUT2D eigenvalue weighted by molar-refractivity contribution is 0.0485. The lowest BCUT2D eigenvalue weighted by Gasteiger charge is -2.29. The minimum atomic E-state index is -0.391. The first-order valence-electron chi connectivity index (χ1n) is 6.34. The number of nitrogens with two attached hydrogens (primary N) is 1. The first-order chi connectivity index (χ1) is 8.10. The van der Waals surface area contributed by atoms with Gasteiger partial charge in [0.05, 0.1) is 11.6 Å². The van der Waals surface area contributed by atoms with Gasteiger partial charge in [-0.1, -0.05) is 24.4 Å². The third-order valence-corrected chi connectivity index (χ3v) is 3.20. The number of hydrogen-bond acceptors (Lipinski definition) is 5. The van der Waals surface area contributed by atoms with E-state index >= 15 is 0 Å². The molecule has 0 aliphatic heterocycles. The van der Waals surface area contributed by atoms with Gasteiger partial charge in [-0.25, -0.2) is 0 Å². The van der Waals surface area contributed by atoms with E-state index in [9.17, 15) is 0 Å². The molecule has 2 rings (SSSR count). The Morgan fingerprint density at radius 3 is 2.71 bits per heavy atom. The van der Waals surface area contributed by atoms with Crippen LogP contribution in [0.4, 0.5) is 0 Å². The van der Waals surface area contributed by atoms with Gasteiger partial charge in [0, 0.05) is 0 Å². The smallest absolute Gasteiger partial charge is 0.252 e. The van der Waals surface area contributed by atoms with Crippen molar-refractivity contribution in [3.8, 4) is 0 Å². The highest BCUT2D eigenvalue weighted by molar-refractivity contribution is 5.05.